The second-order valence-corrected chi connectivity index (χ2v) is 8.36. The van der Waals surface area contributed by atoms with Crippen molar-refractivity contribution in [2.45, 2.75) is 6.55 Å². The first-order chi connectivity index (χ1) is 7.77. The van der Waals surface area contributed by atoms with Crippen molar-refractivity contribution >= 4 is 8.40 Å². The Morgan fingerprint density at radius 3 is 1.62 bits per heavy atom. The lowest BCUT2D eigenvalue weighted by Gasteiger charge is -2.47. The van der Waals surface area contributed by atoms with Crippen molar-refractivity contribution in [1.29, 1.82) is 0 Å². The molecule has 2 heterocycles. The number of hydrogen-bond acceptors (Lipinski definition) is 4. The molecule has 2 aliphatic rings. The van der Waals surface area contributed by atoms with E-state index in [2.05, 4.69) is 28.0 Å². The first-order valence-electron chi connectivity index (χ1n) is 6.06. The maximum atomic E-state index is 5.43. The molecule has 0 amide bonds. The molecule has 0 aliphatic carbocycles. The summed E-state index contributed by atoms with van der Waals surface area (Å²) in [6.07, 6.45) is 0. The average Bonchev–Trinajstić information content (AvgIpc) is 2.40. The Hall–Kier alpha value is -0.203. The van der Waals surface area contributed by atoms with Crippen molar-refractivity contribution in [1.82, 2.24) is 9.13 Å². The number of hydrogen-bond donors (Lipinski definition) is 0. The molecule has 0 radical (unpaired) electrons. The van der Waals surface area contributed by atoms with Crippen LogP contribution in [0.15, 0.2) is 12.3 Å². The molecule has 2 fully saturated rings. The standard InChI is InChI=1S/C11H22N2O2Si/c1-3-16(2,12-4-8-14-9-5-12)13-6-10-15-11-7-13/h3H,1,4-11H2,2H3. The fraction of sp³-hybridized carbons (Fsp3) is 0.818. The Labute approximate surface area is 99.0 Å². The molecule has 2 aliphatic heterocycles. The van der Waals surface area contributed by atoms with Crippen molar-refractivity contribution in [3.63, 3.8) is 0 Å². The molecule has 2 rings (SSSR count). The Balaban J connectivity index is 2.06. The number of ether oxygens (including phenoxy) is 2. The van der Waals surface area contributed by atoms with Gasteiger partial charge in [-0.25, -0.2) is 0 Å². The van der Waals surface area contributed by atoms with Crippen molar-refractivity contribution in [2.24, 2.45) is 0 Å². The highest BCUT2D eigenvalue weighted by atomic mass is 28.3. The van der Waals surface area contributed by atoms with Crippen LogP contribution < -0.4 is 0 Å². The molecule has 0 spiro atoms. The molecule has 0 aromatic carbocycles. The van der Waals surface area contributed by atoms with Gasteiger partial charge in [-0.3, -0.25) is 0 Å². The van der Waals surface area contributed by atoms with Crippen molar-refractivity contribution in [3.05, 3.63) is 12.3 Å². The Kier molecular flexibility index (Phi) is 4.15. The van der Waals surface area contributed by atoms with Crippen LogP contribution in [0.3, 0.4) is 0 Å². The zero-order valence-electron chi connectivity index (χ0n) is 10.2. The molecule has 0 aromatic heterocycles. The summed E-state index contributed by atoms with van der Waals surface area (Å²) in [4.78, 5) is 0. The molecule has 92 valence electrons. The molecule has 4 nitrogen and oxygen atoms in total. The van der Waals surface area contributed by atoms with E-state index in [1.165, 1.54) is 0 Å². The van der Waals surface area contributed by atoms with E-state index in [1.54, 1.807) is 0 Å². The highest BCUT2D eigenvalue weighted by molar-refractivity contribution is 6.78. The fourth-order valence-corrected chi connectivity index (χ4v) is 5.58. The molecular formula is C11H22N2O2Si. The third kappa shape index (κ3) is 2.38. The van der Waals surface area contributed by atoms with Gasteiger partial charge in [-0.1, -0.05) is 5.70 Å². The summed E-state index contributed by atoms with van der Waals surface area (Å²) in [5.41, 5.74) is 2.20. The molecule has 0 aromatic rings. The third-order valence-corrected chi connectivity index (χ3v) is 7.92. The maximum absolute atomic E-state index is 5.43. The normalized spacial score (nSPS) is 25.6. The summed E-state index contributed by atoms with van der Waals surface area (Å²) in [5.74, 6) is 0. The van der Waals surface area contributed by atoms with E-state index in [9.17, 15) is 0 Å². The first-order valence-corrected chi connectivity index (χ1v) is 8.54. The summed E-state index contributed by atoms with van der Waals surface area (Å²) in [6.45, 7) is 14.1. The van der Waals surface area contributed by atoms with Gasteiger partial charge in [0.25, 0.3) is 0 Å². The monoisotopic (exact) mass is 242 g/mol. The topological polar surface area (TPSA) is 24.9 Å². The molecule has 0 unspecified atom stereocenters. The van der Waals surface area contributed by atoms with E-state index in [4.69, 9.17) is 9.47 Å². The Morgan fingerprint density at radius 2 is 1.31 bits per heavy atom. The zero-order valence-corrected chi connectivity index (χ0v) is 11.2. The van der Waals surface area contributed by atoms with Gasteiger partial charge >= 0.3 is 0 Å². The summed E-state index contributed by atoms with van der Waals surface area (Å²) in [6, 6.07) is 0. The van der Waals surface area contributed by atoms with Gasteiger partial charge in [0.2, 0.25) is 8.40 Å². The maximum Gasteiger partial charge on any atom is 0.228 e. The predicted molar refractivity (Wildman–Crippen MR) is 66.6 cm³/mol. The molecule has 2 saturated heterocycles. The Morgan fingerprint density at radius 1 is 0.938 bits per heavy atom. The summed E-state index contributed by atoms with van der Waals surface area (Å²) < 4.78 is 16.0. The average molecular weight is 242 g/mol. The van der Waals surface area contributed by atoms with Gasteiger partial charge in [0.15, 0.2) is 0 Å². The van der Waals surface area contributed by atoms with Gasteiger partial charge in [0.05, 0.1) is 26.4 Å². The number of rotatable bonds is 3. The van der Waals surface area contributed by atoms with E-state index in [1.807, 2.05) is 0 Å². The van der Waals surface area contributed by atoms with Crippen molar-refractivity contribution < 1.29 is 9.47 Å². The van der Waals surface area contributed by atoms with Crippen LogP contribution in [-0.2, 0) is 9.47 Å². The van der Waals surface area contributed by atoms with Crippen LogP contribution in [0.4, 0.5) is 0 Å². The van der Waals surface area contributed by atoms with Gasteiger partial charge in [-0.15, -0.1) is 6.58 Å². The van der Waals surface area contributed by atoms with Crippen molar-refractivity contribution in [3.8, 4) is 0 Å². The number of morpholine rings is 2. The van der Waals surface area contributed by atoms with Crippen LogP contribution in [0.25, 0.3) is 0 Å². The molecule has 16 heavy (non-hydrogen) atoms. The second kappa shape index (κ2) is 5.42. The van der Waals surface area contributed by atoms with E-state index < -0.39 is 8.40 Å². The van der Waals surface area contributed by atoms with Crippen LogP contribution in [0, 0.1) is 0 Å². The van der Waals surface area contributed by atoms with Gasteiger partial charge in [0.1, 0.15) is 0 Å². The van der Waals surface area contributed by atoms with Crippen LogP contribution in [0.1, 0.15) is 0 Å². The van der Waals surface area contributed by atoms with Crippen LogP contribution in [0.2, 0.25) is 6.55 Å². The summed E-state index contributed by atoms with van der Waals surface area (Å²) in [7, 11) is -1.65. The van der Waals surface area contributed by atoms with Gasteiger partial charge in [-0.2, -0.15) is 0 Å². The second-order valence-electron chi connectivity index (χ2n) is 4.50. The van der Waals surface area contributed by atoms with E-state index in [-0.39, 0.29) is 0 Å². The van der Waals surface area contributed by atoms with Crippen LogP contribution >= 0.6 is 0 Å². The highest BCUT2D eigenvalue weighted by Gasteiger charge is 2.39. The SMILES string of the molecule is C=C[Si](C)(N1CCOCC1)N1CCOCC1. The lowest BCUT2D eigenvalue weighted by molar-refractivity contribution is 0.0462. The van der Waals surface area contributed by atoms with E-state index in [0.29, 0.717) is 0 Å². The first kappa shape index (κ1) is 12.3. The molecule has 5 heteroatoms. The predicted octanol–water partition coefficient (Wildman–Crippen LogP) is 0.448. The number of nitrogens with zero attached hydrogens (tertiary/aromatic N) is 2. The Bertz CT molecular complexity index is 220. The van der Waals surface area contributed by atoms with Crippen molar-refractivity contribution in [2.75, 3.05) is 52.6 Å². The lowest BCUT2D eigenvalue weighted by Crippen LogP contribution is -2.67. The van der Waals surface area contributed by atoms with Gasteiger partial charge in [0, 0.05) is 26.2 Å². The van der Waals surface area contributed by atoms with E-state index >= 15 is 0 Å². The minimum atomic E-state index is -1.65. The molecule has 0 saturated carbocycles. The van der Waals surface area contributed by atoms with E-state index in [0.717, 1.165) is 52.6 Å². The molecule has 0 N–H and O–H groups in total. The quantitative estimate of drug-likeness (QED) is 0.671. The minimum Gasteiger partial charge on any atom is -0.379 e. The summed E-state index contributed by atoms with van der Waals surface area (Å²) in [5, 5.41) is 0. The minimum absolute atomic E-state index is 0.862. The molecule has 0 bridgehead atoms. The zero-order chi connectivity index (χ0) is 11.4. The van der Waals surface area contributed by atoms with Gasteiger partial charge in [-0.05, 0) is 6.55 Å². The third-order valence-electron chi connectivity index (χ3n) is 3.69. The fourth-order valence-electron chi connectivity index (χ4n) is 2.49. The highest BCUT2D eigenvalue weighted by Crippen LogP contribution is 2.19. The summed E-state index contributed by atoms with van der Waals surface area (Å²) >= 11 is 0. The lowest BCUT2D eigenvalue weighted by atomic mass is 10.5. The van der Waals surface area contributed by atoms with Gasteiger partial charge < -0.3 is 18.6 Å². The largest absolute Gasteiger partial charge is 0.379 e. The van der Waals surface area contributed by atoms with Crippen LogP contribution in [0.5, 0.6) is 0 Å². The van der Waals surface area contributed by atoms with Crippen LogP contribution in [-0.4, -0.2) is 70.1 Å². The molecule has 0 atom stereocenters. The smallest absolute Gasteiger partial charge is 0.228 e. The molecular weight excluding hydrogens is 220 g/mol.